The molecule has 4 fully saturated rings. The van der Waals surface area contributed by atoms with Crippen molar-refractivity contribution in [3.05, 3.63) is 65.5 Å². The fourth-order valence-electron chi connectivity index (χ4n) is 9.38. The fourth-order valence-corrected chi connectivity index (χ4v) is 9.38. The van der Waals surface area contributed by atoms with Gasteiger partial charge in [0.05, 0.1) is 11.2 Å². The number of allylic oxidation sites excluding steroid dienone is 1. The van der Waals surface area contributed by atoms with Crippen LogP contribution in [0.4, 0.5) is 0 Å². The van der Waals surface area contributed by atoms with E-state index in [0.717, 1.165) is 6.04 Å². The van der Waals surface area contributed by atoms with Crippen LogP contribution in [0.3, 0.4) is 0 Å². The first kappa shape index (κ1) is 21.1. The summed E-state index contributed by atoms with van der Waals surface area (Å²) in [4.78, 5) is 7.10. The molecule has 0 radical (unpaired) electrons. The molecule has 35 heavy (non-hydrogen) atoms. The van der Waals surface area contributed by atoms with Crippen molar-refractivity contribution in [1.29, 1.82) is 0 Å². The van der Waals surface area contributed by atoms with Crippen molar-refractivity contribution in [3.63, 3.8) is 0 Å². The molecule has 2 aliphatic heterocycles. The van der Waals surface area contributed by atoms with Crippen LogP contribution in [0.2, 0.25) is 0 Å². The van der Waals surface area contributed by atoms with Crippen molar-refractivity contribution in [2.45, 2.75) is 100 Å². The lowest BCUT2D eigenvalue weighted by Gasteiger charge is -2.55. The maximum Gasteiger partial charge on any atom is 0.0974 e. The van der Waals surface area contributed by atoms with E-state index in [2.05, 4.69) is 60.3 Å². The largest absolute Gasteiger partial charge is 0.359 e. The molecule has 3 nitrogen and oxygen atoms in total. The van der Waals surface area contributed by atoms with Crippen LogP contribution in [-0.4, -0.2) is 40.2 Å². The molecule has 0 N–H and O–H groups in total. The minimum absolute atomic E-state index is 0.00830. The fraction of sp³-hybridized carbons (Fsp3) is 0.594. The van der Waals surface area contributed by atoms with Gasteiger partial charge in [-0.2, -0.15) is 0 Å². The van der Waals surface area contributed by atoms with Gasteiger partial charge in [-0.1, -0.05) is 31.2 Å². The highest BCUT2D eigenvalue weighted by atomic mass is 16.5. The first-order chi connectivity index (χ1) is 17.0. The highest BCUT2D eigenvalue weighted by Gasteiger charge is 2.66. The molecule has 3 heteroatoms. The summed E-state index contributed by atoms with van der Waals surface area (Å²) in [5.41, 5.74) is 4.89. The number of aromatic nitrogens is 1. The topological polar surface area (TPSA) is 25.4 Å². The van der Waals surface area contributed by atoms with Crippen LogP contribution in [0, 0.1) is 11.3 Å². The summed E-state index contributed by atoms with van der Waals surface area (Å²) < 4.78 is 7.52. The number of hydrogen-bond acceptors (Lipinski definition) is 3. The summed E-state index contributed by atoms with van der Waals surface area (Å²) in [7, 11) is 2.38. The number of rotatable bonds is 3. The smallest absolute Gasteiger partial charge is 0.0974 e. The van der Waals surface area contributed by atoms with E-state index in [0.29, 0.717) is 17.9 Å². The number of fused-ring (bicyclic) bond motifs is 2. The molecule has 2 spiro atoms. The summed E-state index contributed by atoms with van der Waals surface area (Å²) in [5, 5.41) is 2.57. The monoisotopic (exact) mass is 466 g/mol. The summed E-state index contributed by atoms with van der Waals surface area (Å²) >= 11 is 0. The highest BCUT2D eigenvalue weighted by molar-refractivity contribution is 5.82. The Morgan fingerprint density at radius 2 is 1.91 bits per heavy atom. The summed E-state index contributed by atoms with van der Waals surface area (Å²) in [6.07, 6.45) is 21.9. The Labute approximate surface area is 209 Å². The van der Waals surface area contributed by atoms with Crippen LogP contribution in [0.5, 0.6) is 0 Å². The molecule has 1 aromatic heterocycles. The number of benzene rings is 1. The maximum absolute atomic E-state index is 7.52. The molecule has 3 saturated carbocycles. The highest BCUT2D eigenvalue weighted by Crippen LogP contribution is 2.69. The average Bonchev–Trinajstić information content (AvgIpc) is 3.60. The zero-order chi connectivity index (χ0) is 23.4. The third-order valence-electron chi connectivity index (χ3n) is 11.4. The van der Waals surface area contributed by atoms with Crippen LogP contribution in [0.15, 0.2) is 60.0 Å². The lowest BCUT2D eigenvalue weighted by atomic mass is 9.58. The van der Waals surface area contributed by atoms with Gasteiger partial charge in [-0.15, -0.1) is 0 Å². The van der Waals surface area contributed by atoms with E-state index in [1.54, 1.807) is 11.1 Å². The van der Waals surface area contributed by atoms with Crippen molar-refractivity contribution in [2.24, 2.45) is 11.3 Å². The number of nitrogens with zero attached hydrogens (tertiary/aromatic N) is 2. The first-order valence-electron chi connectivity index (χ1n) is 14.2. The van der Waals surface area contributed by atoms with Gasteiger partial charge < -0.3 is 9.64 Å². The molecule has 1 saturated heterocycles. The van der Waals surface area contributed by atoms with Crippen LogP contribution < -0.4 is 0 Å². The third-order valence-corrected chi connectivity index (χ3v) is 11.4. The van der Waals surface area contributed by atoms with E-state index < -0.39 is 0 Å². The Hall–Kier alpha value is -1.97. The van der Waals surface area contributed by atoms with Crippen molar-refractivity contribution < 1.29 is 4.74 Å². The Balaban J connectivity index is 1.15. The quantitative estimate of drug-likeness (QED) is 0.490. The Bertz CT molecular complexity index is 1280. The van der Waals surface area contributed by atoms with E-state index >= 15 is 0 Å². The zero-order valence-electron chi connectivity index (χ0n) is 21.3. The molecule has 6 atom stereocenters. The number of hydrogen-bond donors (Lipinski definition) is 0. The molecular formula is C32H38N2O. The number of ether oxygens (including phenoxy) is 1. The van der Waals surface area contributed by atoms with Crippen molar-refractivity contribution in [3.8, 4) is 0 Å². The molecule has 3 heterocycles. The van der Waals surface area contributed by atoms with Crippen molar-refractivity contribution >= 4 is 10.8 Å². The predicted octanol–water partition coefficient (Wildman–Crippen LogP) is 6.94. The van der Waals surface area contributed by atoms with Gasteiger partial charge in [0.25, 0.3) is 0 Å². The second-order valence-electron chi connectivity index (χ2n) is 13.0. The van der Waals surface area contributed by atoms with E-state index in [1.807, 2.05) is 12.4 Å². The molecule has 0 amide bonds. The van der Waals surface area contributed by atoms with Gasteiger partial charge in [0.2, 0.25) is 0 Å². The van der Waals surface area contributed by atoms with Gasteiger partial charge in [-0.3, -0.25) is 4.98 Å². The molecule has 1 aromatic carbocycles. The minimum Gasteiger partial charge on any atom is -0.359 e. The first-order valence-corrected chi connectivity index (χ1v) is 14.2. The molecule has 6 aliphatic rings. The van der Waals surface area contributed by atoms with Gasteiger partial charge in [0.15, 0.2) is 0 Å². The van der Waals surface area contributed by atoms with Crippen LogP contribution in [-0.2, 0) is 4.74 Å². The lowest BCUT2D eigenvalue weighted by molar-refractivity contribution is -0.140. The summed E-state index contributed by atoms with van der Waals surface area (Å²) in [5.74, 6) is 1.21. The third kappa shape index (κ3) is 2.83. The van der Waals surface area contributed by atoms with Crippen LogP contribution in [0.25, 0.3) is 10.8 Å². The molecule has 2 bridgehead atoms. The van der Waals surface area contributed by atoms with E-state index in [-0.39, 0.29) is 16.6 Å². The van der Waals surface area contributed by atoms with Crippen LogP contribution in [0.1, 0.15) is 82.6 Å². The van der Waals surface area contributed by atoms with Crippen molar-refractivity contribution in [1.82, 2.24) is 9.88 Å². The van der Waals surface area contributed by atoms with Gasteiger partial charge >= 0.3 is 0 Å². The normalized spacial score (nSPS) is 41.9. The molecule has 1 unspecified atom stereocenters. The SMILES string of the molecule is CN(C1CC1)[C@H]1CCC2=CC3=CC[C@]4(C)[C@@H](c5ccc6ccncc6c5)CC[C@H]4C34CC[C@]2(C1)O4. The second kappa shape index (κ2) is 7.07. The van der Waals surface area contributed by atoms with Gasteiger partial charge in [0, 0.05) is 29.9 Å². The van der Waals surface area contributed by atoms with E-state index in [9.17, 15) is 0 Å². The zero-order valence-corrected chi connectivity index (χ0v) is 21.3. The van der Waals surface area contributed by atoms with E-state index in [1.165, 1.54) is 80.5 Å². The Morgan fingerprint density at radius 1 is 1.00 bits per heavy atom. The lowest BCUT2D eigenvalue weighted by Crippen LogP contribution is -2.55. The van der Waals surface area contributed by atoms with Crippen molar-refractivity contribution in [2.75, 3.05) is 7.05 Å². The van der Waals surface area contributed by atoms with Gasteiger partial charge in [0.1, 0.15) is 0 Å². The summed E-state index contributed by atoms with van der Waals surface area (Å²) in [6.45, 7) is 2.59. The predicted molar refractivity (Wildman–Crippen MR) is 140 cm³/mol. The standard InChI is InChI=1S/C32H38N2O/c1-30-13-11-25-18-24-5-6-27(34(2)26-7-8-26)19-31(24)14-15-32(25,35-31)29(30)10-9-28(30)22-4-3-21-12-16-33-20-23(21)17-22/h3-4,11-12,16-18,20,26-29H,5-10,13-15,19H2,1-2H3/t27-,28+,29+,30+,31+,32?/m0/s1. The molecular weight excluding hydrogens is 428 g/mol. The molecule has 4 aliphatic carbocycles. The Kier molecular flexibility index (Phi) is 4.27. The van der Waals surface area contributed by atoms with Crippen LogP contribution >= 0.6 is 0 Å². The van der Waals surface area contributed by atoms with Gasteiger partial charge in [-0.05, 0) is 123 Å². The average molecular weight is 467 g/mol. The molecule has 2 aromatic rings. The minimum atomic E-state index is -0.0519. The van der Waals surface area contributed by atoms with E-state index in [4.69, 9.17) is 4.74 Å². The molecule has 8 rings (SSSR count). The summed E-state index contributed by atoms with van der Waals surface area (Å²) in [6, 6.07) is 10.8. The Morgan fingerprint density at radius 3 is 2.80 bits per heavy atom. The number of pyridine rings is 1. The second-order valence-corrected chi connectivity index (χ2v) is 13.0. The van der Waals surface area contributed by atoms with Gasteiger partial charge in [-0.25, -0.2) is 0 Å². The molecule has 182 valence electrons. The maximum atomic E-state index is 7.52.